The molecule has 0 aliphatic heterocycles. The molecule has 3 rings (SSSR count). The Morgan fingerprint density at radius 1 is 1.11 bits per heavy atom. The van der Waals surface area contributed by atoms with Crippen molar-refractivity contribution in [1.29, 1.82) is 0 Å². The van der Waals surface area contributed by atoms with E-state index < -0.39 is 0 Å². The molecule has 0 fully saturated rings. The van der Waals surface area contributed by atoms with Gasteiger partial charge < -0.3 is 15.4 Å². The standard InChI is InChI=1S/C21H20ClN3O2/c1-14(15-6-4-3-5-7-15)24-21(26)16-10-11-23-20(12-16)25-17-8-9-19(27-2)18(22)13-17/h3-14H,1-2H3,(H,23,25)(H,24,26). The van der Waals surface area contributed by atoms with Gasteiger partial charge in [-0.2, -0.15) is 0 Å². The molecule has 0 saturated carbocycles. The fourth-order valence-electron chi connectivity index (χ4n) is 2.64. The van der Waals surface area contributed by atoms with E-state index in [4.69, 9.17) is 16.3 Å². The number of methoxy groups -OCH3 is 1. The number of benzene rings is 2. The topological polar surface area (TPSA) is 63.2 Å². The number of rotatable bonds is 6. The van der Waals surface area contributed by atoms with Crippen LogP contribution >= 0.6 is 11.6 Å². The normalized spacial score (nSPS) is 11.5. The largest absolute Gasteiger partial charge is 0.495 e. The molecule has 5 nitrogen and oxygen atoms in total. The third-order valence-electron chi connectivity index (χ3n) is 4.09. The Balaban J connectivity index is 1.71. The van der Waals surface area contributed by atoms with E-state index in [2.05, 4.69) is 15.6 Å². The molecule has 0 aliphatic rings. The van der Waals surface area contributed by atoms with E-state index in [0.717, 1.165) is 11.3 Å². The van der Waals surface area contributed by atoms with Crippen LogP contribution in [0.1, 0.15) is 28.9 Å². The van der Waals surface area contributed by atoms with Crippen LogP contribution < -0.4 is 15.4 Å². The van der Waals surface area contributed by atoms with E-state index in [1.54, 1.807) is 37.6 Å². The summed E-state index contributed by atoms with van der Waals surface area (Å²) in [6.45, 7) is 1.95. The molecule has 1 amide bonds. The number of ether oxygens (including phenoxy) is 1. The summed E-state index contributed by atoms with van der Waals surface area (Å²) in [6.07, 6.45) is 1.59. The fourth-order valence-corrected chi connectivity index (χ4v) is 2.89. The van der Waals surface area contributed by atoms with Crippen molar-refractivity contribution in [2.75, 3.05) is 12.4 Å². The molecular weight excluding hydrogens is 362 g/mol. The maximum atomic E-state index is 12.6. The smallest absolute Gasteiger partial charge is 0.251 e. The number of halogens is 1. The first-order valence-electron chi connectivity index (χ1n) is 8.49. The molecule has 1 heterocycles. The van der Waals surface area contributed by atoms with Crippen molar-refractivity contribution < 1.29 is 9.53 Å². The van der Waals surface area contributed by atoms with E-state index in [1.807, 2.05) is 43.3 Å². The van der Waals surface area contributed by atoms with Gasteiger partial charge in [-0.25, -0.2) is 4.98 Å². The van der Waals surface area contributed by atoms with Gasteiger partial charge >= 0.3 is 0 Å². The van der Waals surface area contributed by atoms with Gasteiger partial charge in [0.2, 0.25) is 0 Å². The zero-order valence-corrected chi connectivity index (χ0v) is 15.8. The first-order valence-corrected chi connectivity index (χ1v) is 8.87. The third kappa shape index (κ3) is 4.77. The minimum absolute atomic E-state index is 0.0938. The molecule has 2 aromatic carbocycles. The third-order valence-corrected chi connectivity index (χ3v) is 4.39. The lowest BCUT2D eigenvalue weighted by atomic mass is 10.1. The van der Waals surface area contributed by atoms with E-state index >= 15 is 0 Å². The Bertz CT molecular complexity index is 932. The molecule has 6 heteroatoms. The number of nitrogens with one attached hydrogen (secondary N) is 2. The number of amides is 1. The highest BCUT2D eigenvalue weighted by atomic mass is 35.5. The van der Waals surface area contributed by atoms with Crippen LogP contribution in [0.3, 0.4) is 0 Å². The zero-order chi connectivity index (χ0) is 19.2. The maximum absolute atomic E-state index is 12.6. The van der Waals surface area contributed by atoms with Gasteiger partial charge in [0.1, 0.15) is 11.6 Å². The number of hydrogen-bond donors (Lipinski definition) is 2. The van der Waals surface area contributed by atoms with Crippen molar-refractivity contribution in [1.82, 2.24) is 10.3 Å². The highest BCUT2D eigenvalue weighted by Gasteiger charge is 2.12. The number of nitrogens with zero attached hydrogens (tertiary/aromatic N) is 1. The number of aromatic nitrogens is 1. The van der Waals surface area contributed by atoms with Gasteiger partial charge in [-0.3, -0.25) is 4.79 Å². The van der Waals surface area contributed by atoms with Gasteiger partial charge in [-0.15, -0.1) is 0 Å². The summed E-state index contributed by atoms with van der Waals surface area (Å²) in [4.78, 5) is 16.8. The molecule has 0 aliphatic carbocycles. The van der Waals surface area contributed by atoms with Gasteiger partial charge in [0, 0.05) is 17.4 Å². The van der Waals surface area contributed by atoms with Crippen molar-refractivity contribution in [2.24, 2.45) is 0 Å². The molecule has 0 saturated heterocycles. The van der Waals surface area contributed by atoms with Crippen LogP contribution in [-0.4, -0.2) is 18.0 Å². The fraction of sp³-hybridized carbons (Fsp3) is 0.143. The first-order chi connectivity index (χ1) is 13.1. The molecule has 27 heavy (non-hydrogen) atoms. The van der Waals surface area contributed by atoms with Crippen molar-refractivity contribution in [2.45, 2.75) is 13.0 Å². The molecule has 0 radical (unpaired) electrons. The molecule has 0 bridgehead atoms. The average molecular weight is 382 g/mol. The lowest BCUT2D eigenvalue weighted by Gasteiger charge is -2.15. The molecule has 138 valence electrons. The van der Waals surface area contributed by atoms with E-state index in [-0.39, 0.29) is 11.9 Å². The van der Waals surface area contributed by atoms with Crippen molar-refractivity contribution in [3.63, 3.8) is 0 Å². The molecule has 1 atom stereocenters. The highest BCUT2D eigenvalue weighted by molar-refractivity contribution is 6.32. The molecular formula is C21H20ClN3O2. The summed E-state index contributed by atoms with van der Waals surface area (Å²) in [5, 5.41) is 6.63. The zero-order valence-electron chi connectivity index (χ0n) is 15.1. The van der Waals surface area contributed by atoms with E-state index in [1.165, 1.54) is 0 Å². The van der Waals surface area contributed by atoms with Crippen LogP contribution in [0.15, 0.2) is 66.9 Å². The summed E-state index contributed by atoms with van der Waals surface area (Å²) < 4.78 is 5.15. The average Bonchev–Trinajstić information content (AvgIpc) is 2.69. The lowest BCUT2D eigenvalue weighted by Crippen LogP contribution is -2.26. The Labute approximate surface area is 163 Å². The summed E-state index contributed by atoms with van der Waals surface area (Å²) in [6, 6.07) is 18.4. The minimum Gasteiger partial charge on any atom is -0.495 e. The second-order valence-electron chi connectivity index (χ2n) is 6.01. The van der Waals surface area contributed by atoms with Crippen LogP contribution in [0.25, 0.3) is 0 Å². The van der Waals surface area contributed by atoms with E-state index in [9.17, 15) is 4.79 Å². The predicted octanol–water partition coefficient (Wildman–Crippen LogP) is 4.98. The summed E-state index contributed by atoms with van der Waals surface area (Å²) in [5.41, 5.74) is 2.32. The number of anilines is 2. The Hall–Kier alpha value is -3.05. The number of carbonyl (C=O) groups is 1. The Morgan fingerprint density at radius 3 is 2.59 bits per heavy atom. The van der Waals surface area contributed by atoms with Crippen molar-refractivity contribution in [3.8, 4) is 5.75 Å². The van der Waals surface area contributed by atoms with Gasteiger partial charge in [0.05, 0.1) is 18.2 Å². The molecule has 1 unspecified atom stereocenters. The van der Waals surface area contributed by atoms with Crippen molar-refractivity contribution in [3.05, 3.63) is 83.0 Å². The first kappa shape index (κ1) is 18.7. The SMILES string of the molecule is COc1ccc(Nc2cc(C(=O)NC(C)c3ccccc3)ccn2)cc1Cl. The van der Waals surface area contributed by atoms with Crippen LogP contribution in [0.5, 0.6) is 5.75 Å². The monoisotopic (exact) mass is 381 g/mol. The molecule has 3 aromatic rings. The predicted molar refractivity (Wildman–Crippen MR) is 108 cm³/mol. The molecule has 1 aromatic heterocycles. The Kier molecular flexibility index (Phi) is 5.94. The summed E-state index contributed by atoms with van der Waals surface area (Å²) in [7, 11) is 1.56. The summed E-state index contributed by atoms with van der Waals surface area (Å²) >= 11 is 6.14. The van der Waals surface area contributed by atoms with Crippen LogP contribution in [-0.2, 0) is 0 Å². The number of hydrogen-bond acceptors (Lipinski definition) is 4. The van der Waals surface area contributed by atoms with Gasteiger partial charge in [-0.1, -0.05) is 41.9 Å². The highest BCUT2D eigenvalue weighted by Crippen LogP contribution is 2.28. The minimum atomic E-state index is -0.162. The second kappa shape index (κ2) is 8.56. The van der Waals surface area contributed by atoms with Crippen LogP contribution in [0.4, 0.5) is 11.5 Å². The van der Waals surface area contributed by atoms with Crippen LogP contribution in [0.2, 0.25) is 5.02 Å². The quantitative estimate of drug-likeness (QED) is 0.632. The van der Waals surface area contributed by atoms with Gasteiger partial charge in [-0.05, 0) is 42.8 Å². The van der Waals surface area contributed by atoms with Gasteiger partial charge in [0.15, 0.2) is 0 Å². The number of pyridine rings is 1. The lowest BCUT2D eigenvalue weighted by molar-refractivity contribution is 0.0940. The maximum Gasteiger partial charge on any atom is 0.251 e. The molecule has 2 N–H and O–H groups in total. The summed E-state index contributed by atoms with van der Waals surface area (Å²) in [5.74, 6) is 0.985. The van der Waals surface area contributed by atoms with Gasteiger partial charge in [0.25, 0.3) is 5.91 Å². The number of carbonyl (C=O) groups excluding carboxylic acids is 1. The van der Waals surface area contributed by atoms with Crippen LogP contribution in [0, 0.1) is 0 Å². The molecule has 0 spiro atoms. The second-order valence-corrected chi connectivity index (χ2v) is 6.42. The Morgan fingerprint density at radius 2 is 1.89 bits per heavy atom. The van der Waals surface area contributed by atoms with E-state index in [0.29, 0.717) is 22.2 Å². The van der Waals surface area contributed by atoms with Crippen molar-refractivity contribution >= 4 is 29.0 Å².